The molecule has 58 valence electrons. The quantitative estimate of drug-likeness (QED) is 0.524. The molecule has 0 bridgehead atoms. The molecule has 1 saturated carbocycles. The molecule has 2 atom stereocenters. The first kappa shape index (κ1) is 7.84. The predicted octanol–water partition coefficient (Wildman–Crippen LogP) is 3.39. The van der Waals surface area contributed by atoms with Crippen LogP contribution in [0.15, 0.2) is 12.7 Å². The minimum Gasteiger partial charge on any atom is -0.103 e. The lowest BCUT2D eigenvalue weighted by atomic mass is 10.0. The summed E-state index contributed by atoms with van der Waals surface area (Å²) in [5, 5.41) is 0. The number of allylic oxidation sites excluding steroid dienone is 1. The summed E-state index contributed by atoms with van der Waals surface area (Å²) in [7, 11) is 0. The van der Waals surface area contributed by atoms with E-state index in [0.717, 1.165) is 11.8 Å². The third kappa shape index (κ3) is 1.86. The van der Waals surface area contributed by atoms with E-state index in [1.807, 2.05) is 0 Å². The largest absolute Gasteiger partial charge is 0.103 e. The molecule has 1 aliphatic rings. The summed E-state index contributed by atoms with van der Waals surface area (Å²) < 4.78 is 0. The smallest absolute Gasteiger partial charge is 0.0325 e. The molecule has 0 radical (unpaired) electrons. The van der Waals surface area contributed by atoms with E-state index in [9.17, 15) is 0 Å². The molecular formula is C10H18. The summed E-state index contributed by atoms with van der Waals surface area (Å²) in [6, 6.07) is 0. The third-order valence-corrected chi connectivity index (χ3v) is 2.73. The fourth-order valence-corrected chi connectivity index (χ4v) is 2.00. The molecule has 0 aromatic heterocycles. The topological polar surface area (TPSA) is 0 Å². The van der Waals surface area contributed by atoms with Gasteiger partial charge in [0.05, 0.1) is 0 Å². The third-order valence-electron chi connectivity index (χ3n) is 2.73. The Hall–Kier alpha value is -0.260. The van der Waals surface area contributed by atoms with Crippen molar-refractivity contribution in [3.63, 3.8) is 0 Å². The van der Waals surface area contributed by atoms with Crippen molar-refractivity contribution in [1.82, 2.24) is 0 Å². The van der Waals surface area contributed by atoms with Crippen LogP contribution in [0.1, 0.15) is 39.0 Å². The van der Waals surface area contributed by atoms with E-state index >= 15 is 0 Å². The molecule has 0 amide bonds. The Morgan fingerprint density at radius 2 is 2.10 bits per heavy atom. The average molecular weight is 138 g/mol. The van der Waals surface area contributed by atoms with Gasteiger partial charge in [-0.2, -0.15) is 0 Å². The summed E-state index contributed by atoms with van der Waals surface area (Å²) >= 11 is 0. The van der Waals surface area contributed by atoms with Gasteiger partial charge >= 0.3 is 0 Å². The van der Waals surface area contributed by atoms with Gasteiger partial charge in [0.1, 0.15) is 0 Å². The second kappa shape index (κ2) is 3.80. The molecule has 0 spiro atoms. The van der Waals surface area contributed by atoms with Gasteiger partial charge in [-0.25, -0.2) is 0 Å². The first-order chi connectivity index (χ1) is 4.86. The van der Waals surface area contributed by atoms with E-state index in [-0.39, 0.29) is 0 Å². The van der Waals surface area contributed by atoms with Gasteiger partial charge in [-0.05, 0) is 31.1 Å². The zero-order valence-electron chi connectivity index (χ0n) is 6.97. The maximum Gasteiger partial charge on any atom is -0.0325 e. The van der Waals surface area contributed by atoms with Crippen LogP contribution in [0.25, 0.3) is 0 Å². The lowest BCUT2D eigenvalue weighted by Gasteiger charge is -2.05. The van der Waals surface area contributed by atoms with Gasteiger partial charge in [0.25, 0.3) is 0 Å². The van der Waals surface area contributed by atoms with Crippen LogP contribution < -0.4 is 0 Å². The fraction of sp³-hybridized carbons (Fsp3) is 0.800. The monoisotopic (exact) mass is 138 g/mol. The van der Waals surface area contributed by atoms with E-state index in [0.29, 0.717) is 0 Å². The molecule has 1 fully saturated rings. The SMILES string of the molecule is C=CCC1CCC(CC)C1. The van der Waals surface area contributed by atoms with Crippen LogP contribution in [-0.4, -0.2) is 0 Å². The van der Waals surface area contributed by atoms with Gasteiger partial charge in [0.15, 0.2) is 0 Å². The number of hydrogen-bond donors (Lipinski definition) is 0. The summed E-state index contributed by atoms with van der Waals surface area (Å²) in [4.78, 5) is 0. The van der Waals surface area contributed by atoms with Gasteiger partial charge in [0.2, 0.25) is 0 Å². The zero-order valence-corrected chi connectivity index (χ0v) is 6.97. The number of rotatable bonds is 3. The Labute approximate surface area is 64.3 Å². The van der Waals surface area contributed by atoms with Gasteiger partial charge in [-0.15, -0.1) is 6.58 Å². The Morgan fingerprint density at radius 3 is 2.60 bits per heavy atom. The Bertz CT molecular complexity index is 105. The van der Waals surface area contributed by atoms with Crippen LogP contribution in [0.2, 0.25) is 0 Å². The first-order valence-corrected chi connectivity index (χ1v) is 4.47. The summed E-state index contributed by atoms with van der Waals surface area (Å²) in [6.45, 7) is 6.08. The highest BCUT2D eigenvalue weighted by Crippen LogP contribution is 2.34. The molecule has 1 aliphatic carbocycles. The Kier molecular flexibility index (Phi) is 2.98. The van der Waals surface area contributed by atoms with Crippen molar-refractivity contribution < 1.29 is 0 Å². The normalized spacial score (nSPS) is 32.5. The highest BCUT2D eigenvalue weighted by Gasteiger charge is 2.21. The maximum absolute atomic E-state index is 3.78. The van der Waals surface area contributed by atoms with Crippen molar-refractivity contribution in [1.29, 1.82) is 0 Å². The van der Waals surface area contributed by atoms with Crippen LogP contribution in [0.4, 0.5) is 0 Å². The van der Waals surface area contributed by atoms with Crippen molar-refractivity contribution >= 4 is 0 Å². The minimum absolute atomic E-state index is 0.974. The average Bonchev–Trinajstić information content (AvgIpc) is 2.37. The van der Waals surface area contributed by atoms with E-state index in [4.69, 9.17) is 0 Å². The van der Waals surface area contributed by atoms with Crippen LogP contribution in [0, 0.1) is 11.8 Å². The predicted molar refractivity (Wildman–Crippen MR) is 45.9 cm³/mol. The zero-order chi connectivity index (χ0) is 7.40. The molecule has 0 aromatic carbocycles. The second-order valence-corrected chi connectivity index (χ2v) is 3.48. The van der Waals surface area contributed by atoms with Crippen LogP contribution in [-0.2, 0) is 0 Å². The molecule has 0 heterocycles. The molecule has 0 heteroatoms. The summed E-state index contributed by atoms with van der Waals surface area (Å²) in [5.74, 6) is 2.01. The summed E-state index contributed by atoms with van der Waals surface area (Å²) in [5.41, 5.74) is 0. The second-order valence-electron chi connectivity index (χ2n) is 3.48. The van der Waals surface area contributed by atoms with Crippen LogP contribution in [0.5, 0.6) is 0 Å². The molecule has 0 saturated heterocycles. The molecule has 2 unspecified atom stereocenters. The van der Waals surface area contributed by atoms with Gasteiger partial charge < -0.3 is 0 Å². The van der Waals surface area contributed by atoms with Gasteiger partial charge in [-0.3, -0.25) is 0 Å². The van der Waals surface area contributed by atoms with Gasteiger partial charge in [-0.1, -0.05) is 25.8 Å². The number of hydrogen-bond acceptors (Lipinski definition) is 0. The fourth-order valence-electron chi connectivity index (χ4n) is 2.00. The maximum atomic E-state index is 3.78. The molecule has 0 aliphatic heterocycles. The lowest BCUT2D eigenvalue weighted by molar-refractivity contribution is 0.484. The molecule has 1 rings (SSSR count). The van der Waals surface area contributed by atoms with Crippen molar-refractivity contribution in [2.24, 2.45) is 11.8 Å². The van der Waals surface area contributed by atoms with Crippen molar-refractivity contribution in [3.8, 4) is 0 Å². The lowest BCUT2D eigenvalue weighted by Crippen LogP contribution is -1.93. The highest BCUT2D eigenvalue weighted by molar-refractivity contribution is 4.80. The Morgan fingerprint density at radius 1 is 1.40 bits per heavy atom. The van der Waals surface area contributed by atoms with Crippen LogP contribution >= 0.6 is 0 Å². The van der Waals surface area contributed by atoms with Crippen molar-refractivity contribution in [3.05, 3.63) is 12.7 Å². The molecule has 0 N–H and O–H groups in total. The van der Waals surface area contributed by atoms with Crippen LogP contribution in [0.3, 0.4) is 0 Å². The summed E-state index contributed by atoms with van der Waals surface area (Å²) in [6.07, 6.45) is 9.08. The van der Waals surface area contributed by atoms with Crippen molar-refractivity contribution in [2.45, 2.75) is 39.0 Å². The highest BCUT2D eigenvalue weighted by atomic mass is 14.3. The molecular weight excluding hydrogens is 120 g/mol. The molecule has 0 aromatic rings. The van der Waals surface area contributed by atoms with E-state index < -0.39 is 0 Å². The first-order valence-electron chi connectivity index (χ1n) is 4.47. The Balaban J connectivity index is 2.21. The molecule has 10 heavy (non-hydrogen) atoms. The minimum atomic E-state index is 0.974. The van der Waals surface area contributed by atoms with E-state index in [2.05, 4.69) is 19.6 Å². The van der Waals surface area contributed by atoms with Crippen molar-refractivity contribution in [2.75, 3.05) is 0 Å². The van der Waals surface area contributed by atoms with E-state index in [1.54, 1.807) is 0 Å². The molecule has 0 nitrogen and oxygen atoms in total. The van der Waals surface area contributed by atoms with E-state index in [1.165, 1.54) is 32.1 Å². The van der Waals surface area contributed by atoms with Gasteiger partial charge in [0, 0.05) is 0 Å². The standard InChI is InChI=1S/C10H18/c1-3-5-10-7-6-9(4-2)8-10/h3,9-10H,1,4-8H2,2H3.